The molecule has 1 N–H and O–H groups in total. The van der Waals surface area contributed by atoms with E-state index in [2.05, 4.69) is 0 Å². The van der Waals surface area contributed by atoms with E-state index in [4.69, 9.17) is 4.74 Å². The first-order valence-corrected chi connectivity index (χ1v) is 6.63. The number of esters is 1. The first kappa shape index (κ1) is 16.6. The molecule has 20 heavy (non-hydrogen) atoms. The minimum atomic E-state index is -1.21. The predicted molar refractivity (Wildman–Crippen MR) is 73.0 cm³/mol. The van der Waals surface area contributed by atoms with Crippen molar-refractivity contribution in [3.05, 3.63) is 11.6 Å². The summed E-state index contributed by atoms with van der Waals surface area (Å²) >= 11 is 0. The van der Waals surface area contributed by atoms with Gasteiger partial charge in [-0.1, -0.05) is 19.9 Å². The minimum Gasteiger partial charge on any atom is -0.462 e. The monoisotopic (exact) mass is 282 g/mol. The summed E-state index contributed by atoms with van der Waals surface area (Å²) in [5.41, 5.74) is -1.63. The number of aliphatic hydroxyl groups is 1. The third kappa shape index (κ3) is 3.54. The van der Waals surface area contributed by atoms with E-state index in [1.807, 2.05) is 0 Å². The Morgan fingerprint density at radius 1 is 1.35 bits per heavy atom. The molecule has 0 aliphatic heterocycles. The first-order valence-electron chi connectivity index (χ1n) is 6.63. The molecule has 2 atom stereocenters. The minimum absolute atomic E-state index is 0.0996. The first-order chi connectivity index (χ1) is 8.96. The Morgan fingerprint density at radius 3 is 2.40 bits per heavy atom. The Morgan fingerprint density at radius 2 is 1.90 bits per heavy atom. The van der Waals surface area contributed by atoms with E-state index in [1.165, 1.54) is 6.92 Å². The van der Waals surface area contributed by atoms with Gasteiger partial charge in [-0.3, -0.25) is 14.4 Å². The van der Waals surface area contributed by atoms with Crippen molar-refractivity contribution < 1.29 is 24.2 Å². The molecule has 0 amide bonds. The van der Waals surface area contributed by atoms with Crippen LogP contribution in [0.4, 0.5) is 0 Å². The molecule has 0 spiro atoms. The summed E-state index contributed by atoms with van der Waals surface area (Å²) in [7, 11) is 0. The van der Waals surface area contributed by atoms with Crippen molar-refractivity contribution in [1.82, 2.24) is 0 Å². The summed E-state index contributed by atoms with van der Waals surface area (Å²) in [6.45, 7) is 7.98. The topological polar surface area (TPSA) is 80.7 Å². The average molecular weight is 282 g/mol. The number of Topliss-reactive ketones (excluding diaryl/α,β-unsaturated/α-hetero) is 2. The van der Waals surface area contributed by atoms with Crippen LogP contribution in [-0.2, 0) is 19.1 Å². The van der Waals surface area contributed by atoms with Crippen molar-refractivity contribution >= 4 is 17.5 Å². The van der Waals surface area contributed by atoms with Gasteiger partial charge in [-0.05, 0) is 19.4 Å². The fraction of sp³-hybridized carbons (Fsp3) is 0.667. The third-order valence-corrected chi connectivity index (χ3v) is 3.95. The number of ketones is 2. The number of allylic oxidation sites excluding steroid dienone is 1. The van der Waals surface area contributed by atoms with Gasteiger partial charge in [-0.15, -0.1) is 0 Å². The van der Waals surface area contributed by atoms with E-state index >= 15 is 0 Å². The zero-order chi connectivity index (χ0) is 15.7. The fourth-order valence-corrected chi connectivity index (χ4v) is 2.38. The molecule has 0 bridgehead atoms. The largest absolute Gasteiger partial charge is 0.462 e. The number of hydrogen-bond acceptors (Lipinski definition) is 5. The molecule has 5 nitrogen and oxygen atoms in total. The summed E-state index contributed by atoms with van der Waals surface area (Å²) in [6.07, 6.45) is 0.722. The van der Waals surface area contributed by atoms with Crippen LogP contribution in [-0.4, -0.2) is 34.3 Å². The van der Waals surface area contributed by atoms with Gasteiger partial charge in [0.05, 0.1) is 12.0 Å². The molecule has 0 radical (unpaired) electrons. The molecule has 0 saturated carbocycles. The van der Waals surface area contributed by atoms with Crippen LogP contribution in [0.2, 0.25) is 0 Å². The van der Waals surface area contributed by atoms with Crippen LogP contribution in [0.25, 0.3) is 0 Å². The molecule has 0 aromatic rings. The SMILES string of the molecule is CC(=O)OC1CC(=O)C(=O)/C(C)=C/C(C)(C)C(C)(O)C1. The molecule has 0 heterocycles. The van der Waals surface area contributed by atoms with Crippen molar-refractivity contribution in [3.8, 4) is 0 Å². The zero-order valence-electron chi connectivity index (χ0n) is 12.6. The zero-order valence-corrected chi connectivity index (χ0v) is 12.6. The Hall–Kier alpha value is -1.49. The van der Waals surface area contributed by atoms with E-state index in [1.54, 1.807) is 33.8 Å². The van der Waals surface area contributed by atoms with Gasteiger partial charge in [0.2, 0.25) is 11.6 Å². The second-order valence-corrected chi connectivity index (χ2v) is 6.21. The standard InChI is InChI=1S/C15H22O5/c1-9-7-14(3,4)15(5,19)8-11(20-10(2)16)6-12(17)13(9)18/h7,11,19H,6,8H2,1-5H3/b9-7+. The summed E-state index contributed by atoms with van der Waals surface area (Å²) in [4.78, 5) is 34.9. The quantitative estimate of drug-likeness (QED) is 0.583. The maximum atomic E-state index is 11.9. The summed E-state index contributed by atoms with van der Waals surface area (Å²) in [6, 6.07) is 0. The molecule has 1 rings (SSSR count). The molecule has 2 unspecified atom stereocenters. The highest BCUT2D eigenvalue weighted by atomic mass is 16.5. The van der Waals surface area contributed by atoms with Gasteiger partial charge in [0.25, 0.3) is 0 Å². The molecule has 0 saturated heterocycles. The van der Waals surface area contributed by atoms with E-state index in [0.29, 0.717) is 5.57 Å². The Kier molecular flexibility index (Phi) is 4.54. The Bertz CT molecular complexity index is 471. The van der Waals surface area contributed by atoms with Crippen LogP contribution >= 0.6 is 0 Å². The third-order valence-electron chi connectivity index (χ3n) is 3.95. The molecule has 0 aromatic carbocycles. The van der Waals surface area contributed by atoms with Crippen LogP contribution in [0.3, 0.4) is 0 Å². The van der Waals surface area contributed by atoms with Gasteiger partial charge in [0.1, 0.15) is 6.10 Å². The van der Waals surface area contributed by atoms with Gasteiger partial charge in [-0.2, -0.15) is 0 Å². The smallest absolute Gasteiger partial charge is 0.302 e. The van der Waals surface area contributed by atoms with Crippen molar-refractivity contribution in [2.45, 2.75) is 59.2 Å². The highest BCUT2D eigenvalue weighted by Gasteiger charge is 2.43. The summed E-state index contributed by atoms with van der Waals surface area (Å²) in [5.74, 6) is -1.72. The number of hydrogen-bond donors (Lipinski definition) is 1. The van der Waals surface area contributed by atoms with E-state index in [0.717, 1.165) is 0 Å². The number of carbonyl (C=O) groups excluding carboxylic acids is 3. The molecule has 112 valence electrons. The molecule has 0 aromatic heterocycles. The van der Waals surface area contributed by atoms with Crippen molar-refractivity contribution in [3.63, 3.8) is 0 Å². The van der Waals surface area contributed by atoms with Crippen LogP contribution in [0.5, 0.6) is 0 Å². The van der Waals surface area contributed by atoms with E-state index < -0.39 is 34.7 Å². The predicted octanol–water partition coefficient (Wildman–Crippen LogP) is 1.57. The van der Waals surface area contributed by atoms with Crippen LogP contribution in [0.15, 0.2) is 11.6 Å². The van der Waals surface area contributed by atoms with Gasteiger partial charge in [-0.25, -0.2) is 0 Å². The van der Waals surface area contributed by atoms with Gasteiger partial charge < -0.3 is 9.84 Å². The molecule has 5 heteroatoms. The Labute approximate surface area is 119 Å². The van der Waals surface area contributed by atoms with E-state index in [-0.39, 0.29) is 12.8 Å². The maximum Gasteiger partial charge on any atom is 0.302 e. The normalized spacial score (nSPS) is 33.5. The van der Waals surface area contributed by atoms with Gasteiger partial charge >= 0.3 is 5.97 Å². The Balaban J connectivity index is 3.23. The van der Waals surface area contributed by atoms with Crippen LogP contribution in [0, 0.1) is 5.41 Å². The van der Waals surface area contributed by atoms with Crippen molar-refractivity contribution in [2.75, 3.05) is 0 Å². The molecular weight excluding hydrogens is 260 g/mol. The fourth-order valence-electron chi connectivity index (χ4n) is 2.38. The second kappa shape index (κ2) is 5.48. The van der Waals surface area contributed by atoms with Crippen LogP contribution < -0.4 is 0 Å². The number of rotatable bonds is 1. The van der Waals surface area contributed by atoms with E-state index in [9.17, 15) is 19.5 Å². The lowest BCUT2D eigenvalue weighted by Crippen LogP contribution is -2.44. The highest BCUT2D eigenvalue weighted by Crippen LogP contribution is 2.38. The summed E-state index contributed by atoms with van der Waals surface area (Å²) < 4.78 is 5.07. The summed E-state index contributed by atoms with van der Waals surface area (Å²) in [5, 5.41) is 10.6. The van der Waals surface area contributed by atoms with Crippen molar-refractivity contribution in [2.24, 2.45) is 5.41 Å². The molecule has 0 fully saturated rings. The molecule has 1 aliphatic rings. The molecular formula is C15H22O5. The lowest BCUT2D eigenvalue weighted by molar-refractivity contribution is -0.153. The van der Waals surface area contributed by atoms with Gasteiger partial charge in [0.15, 0.2) is 0 Å². The molecule has 1 aliphatic carbocycles. The lowest BCUT2D eigenvalue weighted by Gasteiger charge is -2.39. The van der Waals surface area contributed by atoms with Crippen LogP contribution in [0.1, 0.15) is 47.5 Å². The maximum absolute atomic E-state index is 11.9. The van der Waals surface area contributed by atoms with Gasteiger partial charge in [0, 0.05) is 18.8 Å². The average Bonchev–Trinajstić information content (AvgIpc) is 2.25. The lowest BCUT2D eigenvalue weighted by atomic mass is 9.72. The number of carbonyl (C=O) groups is 3. The number of ether oxygens (including phenoxy) is 1. The second-order valence-electron chi connectivity index (χ2n) is 6.21. The van der Waals surface area contributed by atoms with Crippen molar-refractivity contribution in [1.29, 1.82) is 0 Å². The highest BCUT2D eigenvalue weighted by molar-refractivity contribution is 6.43.